The number of rotatable bonds is 4. The lowest BCUT2D eigenvalue weighted by Gasteiger charge is -2.27. The van der Waals surface area contributed by atoms with E-state index in [1.165, 1.54) is 11.1 Å². The van der Waals surface area contributed by atoms with Gasteiger partial charge in [-0.3, -0.25) is 0 Å². The Labute approximate surface area is 170 Å². The van der Waals surface area contributed by atoms with Gasteiger partial charge in [0.15, 0.2) is 0 Å². The van der Waals surface area contributed by atoms with E-state index in [0.29, 0.717) is 0 Å². The molecule has 2 aromatic rings. The van der Waals surface area contributed by atoms with Crippen molar-refractivity contribution in [1.29, 1.82) is 0 Å². The first-order valence-corrected chi connectivity index (χ1v) is 9.97. The second-order valence-electron chi connectivity index (χ2n) is 9.44. The predicted molar refractivity (Wildman–Crippen MR) is 115 cm³/mol. The molecule has 0 spiro atoms. The van der Waals surface area contributed by atoms with Crippen molar-refractivity contribution in [2.45, 2.75) is 78.4 Å². The average molecular weight is 383 g/mol. The van der Waals surface area contributed by atoms with E-state index in [0.717, 1.165) is 11.1 Å². The van der Waals surface area contributed by atoms with Crippen molar-refractivity contribution in [3.8, 4) is 0 Å². The van der Waals surface area contributed by atoms with Crippen LogP contribution in [0.1, 0.15) is 89.9 Å². The van der Waals surface area contributed by atoms with E-state index in [-0.39, 0.29) is 23.0 Å². The molecule has 3 nitrogen and oxygen atoms in total. The van der Waals surface area contributed by atoms with Gasteiger partial charge in [0.2, 0.25) is 0 Å². The molecule has 0 aliphatic carbocycles. The van der Waals surface area contributed by atoms with Gasteiger partial charge in [-0.05, 0) is 46.9 Å². The lowest BCUT2D eigenvalue weighted by Crippen LogP contribution is -2.20. The summed E-state index contributed by atoms with van der Waals surface area (Å²) in [5.74, 6) is 0. The summed E-state index contributed by atoms with van der Waals surface area (Å²) in [4.78, 5) is 12.5. The molecule has 2 atom stereocenters. The first-order chi connectivity index (χ1) is 12.9. The van der Waals surface area contributed by atoms with Gasteiger partial charge in [-0.2, -0.15) is 0 Å². The minimum Gasteiger partial charge on any atom is -0.426 e. The van der Waals surface area contributed by atoms with E-state index in [4.69, 9.17) is 9.47 Å². The van der Waals surface area contributed by atoms with Gasteiger partial charge in [0.25, 0.3) is 0 Å². The van der Waals surface area contributed by atoms with Crippen LogP contribution >= 0.6 is 0 Å². The maximum absolute atomic E-state index is 12.5. The average Bonchev–Trinajstić information content (AvgIpc) is 2.60. The second-order valence-corrected chi connectivity index (χ2v) is 9.44. The number of ether oxygens (including phenoxy) is 2. The van der Waals surface area contributed by atoms with Gasteiger partial charge in [0.1, 0.15) is 12.2 Å². The number of carbonyl (C=O) groups is 1. The number of benzene rings is 2. The Morgan fingerprint density at radius 1 is 0.679 bits per heavy atom. The molecule has 0 aromatic heterocycles. The first kappa shape index (κ1) is 22.0. The van der Waals surface area contributed by atoms with Crippen LogP contribution in [0.2, 0.25) is 0 Å². The molecule has 2 aromatic carbocycles. The van der Waals surface area contributed by atoms with E-state index >= 15 is 0 Å². The van der Waals surface area contributed by atoms with Gasteiger partial charge in [0.05, 0.1) is 0 Å². The van der Waals surface area contributed by atoms with E-state index in [1.807, 2.05) is 50.2 Å². The van der Waals surface area contributed by atoms with E-state index in [9.17, 15) is 4.79 Å². The highest BCUT2D eigenvalue weighted by atomic mass is 16.7. The van der Waals surface area contributed by atoms with Crippen LogP contribution in [-0.4, -0.2) is 6.16 Å². The quantitative estimate of drug-likeness (QED) is 0.522. The first-order valence-electron chi connectivity index (χ1n) is 9.97. The van der Waals surface area contributed by atoms with Gasteiger partial charge in [-0.25, -0.2) is 4.79 Å². The SMILES string of the molecule is CC(OC(=O)OC(C)c1ccccc1C(C)(C)C)c1ccccc1C(C)(C)C. The third-order valence-electron chi connectivity index (χ3n) is 4.96. The zero-order chi connectivity index (χ0) is 21.1. The van der Waals surface area contributed by atoms with Crippen LogP contribution in [0, 0.1) is 0 Å². The van der Waals surface area contributed by atoms with Gasteiger partial charge in [0, 0.05) is 0 Å². The largest absolute Gasteiger partial charge is 0.509 e. The lowest BCUT2D eigenvalue weighted by molar-refractivity contribution is 0.00549. The van der Waals surface area contributed by atoms with E-state index in [1.54, 1.807) is 0 Å². The van der Waals surface area contributed by atoms with Crippen molar-refractivity contribution < 1.29 is 14.3 Å². The molecular weight excluding hydrogens is 348 g/mol. The molecule has 0 N–H and O–H groups in total. The van der Waals surface area contributed by atoms with Crippen molar-refractivity contribution in [3.05, 3.63) is 70.8 Å². The van der Waals surface area contributed by atoms with Crippen LogP contribution in [0.15, 0.2) is 48.5 Å². The van der Waals surface area contributed by atoms with E-state index < -0.39 is 6.16 Å². The Hall–Kier alpha value is -2.29. The summed E-state index contributed by atoms with van der Waals surface area (Å²) in [6.07, 6.45) is -1.41. The smallest absolute Gasteiger partial charge is 0.426 e. The van der Waals surface area contributed by atoms with Crippen molar-refractivity contribution in [1.82, 2.24) is 0 Å². The fourth-order valence-corrected chi connectivity index (χ4v) is 3.51. The van der Waals surface area contributed by atoms with Gasteiger partial charge < -0.3 is 9.47 Å². The maximum Gasteiger partial charge on any atom is 0.509 e. The van der Waals surface area contributed by atoms with Crippen molar-refractivity contribution in [2.75, 3.05) is 0 Å². The van der Waals surface area contributed by atoms with Gasteiger partial charge >= 0.3 is 6.16 Å². The highest BCUT2D eigenvalue weighted by Crippen LogP contribution is 2.33. The Kier molecular flexibility index (Phi) is 6.59. The second kappa shape index (κ2) is 8.38. The van der Waals surface area contributed by atoms with Crippen LogP contribution in [-0.2, 0) is 20.3 Å². The highest BCUT2D eigenvalue weighted by molar-refractivity contribution is 5.61. The Balaban J connectivity index is 2.14. The fraction of sp³-hybridized carbons (Fsp3) is 0.480. The maximum atomic E-state index is 12.5. The zero-order valence-corrected chi connectivity index (χ0v) is 18.5. The summed E-state index contributed by atoms with van der Waals surface area (Å²) in [6.45, 7) is 16.7. The molecule has 0 radical (unpaired) electrons. The van der Waals surface area contributed by atoms with Crippen molar-refractivity contribution in [2.24, 2.45) is 0 Å². The normalized spacial score (nSPS) is 14.3. The fourth-order valence-electron chi connectivity index (χ4n) is 3.51. The Bertz CT molecular complexity index is 742. The zero-order valence-electron chi connectivity index (χ0n) is 18.5. The van der Waals surface area contributed by atoms with Crippen LogP contribution in [0.4, 0.5) is 4.79 Å². The third-order valence-corrected chi connectivity index (χ3v) is 4.96. The molecule has 28 heavy (non-hydrogen) atoms. The molecule has 0 saturated heterocycles. The molecule has 0 aliphatic heterocycles. The third kappa shape index (κ3) is 5.37. The standard InChI is InChI=1S/C25H34O3/c1-17(19-13-9-11-15-21(19)24(3,4)5)27-23(26)28-18(2)20-14-10-12-16-22(20)25(6,7)8/h9-18H,1-8H3. The van der Waals surface area contributed by atoms with Crippen LogP contribution in [0.25, 0.3) is 0 Å². The van der Waals surface area contributed by atoms with Crippen molar-refractivity contribution in [3.63, 3.8) is 0 Å². The number of hydrogen-bond acceptors (Lipinski definition) is 3. The van der Waals surface area contributed by atoms with Gasteiger partial charge in [-0.15, -0.1) is 0 Å². The highest BCUT2D eigenvalue weighted by Gasteiger charge is 2.25. The molecule has 152 valence electrons. The Morgan fingerprint density at radius 3 is 1.32 bits per heavy atom. The summed E-state index contributed by atoms with van der Waals surface area (Å²) in [5, 5.41) is 0. The van der Waals surface area contributed by atoms with Crippen LogP contribution in [0.5, 0.6) is 0 Å². The molecule has 0 bridgehead atoms. The predicted octanol–water partition coefficient (Wildman–Crippen LogP) is 7.26. The number of hydrogen-bond donors (Lipinski definition) is 0. The van der Waals surface area contributed by atoms with Crippen LogP contribution < -0.4 is 0 Å². The summed E-state index contributed by atoms with van der Waals surface area (Å²) in [5.41, 5.74) is 4.29. The monoisotopic (exact) mass is 382 g/mol. The van der Waals surface area contributed by atoms with Crippen LogP contribution in [0.3, 0.4) is 0 Å². The summed E-state index contributed by atoms with van der Waals surface area (Å²) < 4.78 is 11.3. The summed E-state index contributed by atoms with van der Waals surface area (Å²) in [6, 6.07) is 16.2. The number of carbonyl (C=O) groups excluding carboxylic acids is 1. The molecule has 0 amide bonds. The van der Waals surface area contributed by atoms with Gasteiger partial charge in [-0.1, -0.05) is 90.1 Å². The molecule has 2 unspecified atom stereocenters. The molecule has 0 heterocycles. The molecule has 2 rings (SSSR count). The molecule has 0 aliphatic rings. The Morgan fingerprint density at radius 2 is 1.00 bits per heavy atom. The lowest BCUT2D eigenvalue weighted by atomic mass is 9.82. The van der Waals surface area contributed by atoms with Crippen molar-refractivity contribution >= 4 is 6.16 Å². The van der Waals surface area contributed by atoms with E-state index in [2.05, 4.69) is 53.7 Å². The minimum absolute atomic E-state index is 0.0307. The summed E-state index contributed by atoms with van der Waals surface area (Å²) >= 11 is 0. The molecule has 3 heteroatoms. The summed E-state index contributed by atoms with van der Waals surface area (Å²) in [7, 11) is 0. The topological polar surface area (TPSA) is 35.5 Å². The molecule has 0 saturated carbocycles. The molecule has 0 fully saturated rings. The minimum atomic E-state index is -0.646. The molecular formula is C25H34O3.